The first-order chi connectivity index (χ1) is 14.3. The summed E-state index contributed by atoms with van der Waals surface area (Å²) in [5, 5.41) is 0. The average Bonchev–Trinajstić information content (AvgIpc) is 2.77. The summed E-state index contributed by atoms with van der Waals surface area (Å²) in [4.78, 5) is 0. The molecule has 0 bridgehead atoms. The molecule has 0 aliphatic heterocycles. The van der Waals surface area contributed by atoms with Crippen LogP contribution in [0.15, 0.2) is 36.4 Å². The van der Waals surface area contributed by atoms with Crippen molar-refractivity contribution in [1.29, 1.82) is 0 Å². The summed E-state index contributed by atoms with van der Waals surface area (Å²) in [7, 11) is 0. The molecule has 0 radical (unpaired) electrons. The van der Waals surface area contributed by atoms with E-state index in [1.165, 1.54) is 69.8 Å². The SMILES string of the molecule is CCCOC1CCC(c2ccc(C#CC=CC3CCC(CCC)CC3)cc2)CC1. The molecule has 0 atom stereocenters. The minimum atomic E-state index is 0.491. The van der Waals surface area contributed by atoms with E-state index >= 15 is 0 Å². The molecular formula is C28H40O. The van der Waals surface area contributed by atoms with Crippen molar-refractivity contribution in [2.75, 3.05) is 6.61 Å². The number of ether oxygens (including phenoxy) is 1. The Morgan fingerprint density at radius 3 is 2.28 bits per heavy atom. The van der Waals surface area contributed by atoms with Crippen LogP contribution in [0.3, 0.4) is 0 Å². The van der Waals surface area contributed by atoms with E-state index in [9.17, 15) is 0 Å². The molecule has 1 nitrogen and oxygen atoms in total. The minimum Gasteiger partial charge on any atom is -0.378 e. The number of benzene rings is 1. The minimum absolute atomic E-state index is 0.491. The molecular weight excluding hydrogens is 352 g/mol. The highest BCUT2D eigenvalue weighted by molar-refractivity contribution is 5.39. The van der Waals surface area contributed by atoms with Gasteiger partial charge in [-0.25, -0.2) is 0 Å². The van der Waals surface area contributed by atoms with Crippen molar-refractivity contribution >= 4 is 0 Å². The number of allylic oxidation sites excluding steroid dienone is 2. The zero-order valence-corrected chi connectivity index (χ0v) is 18.7. The summed E-state index contributed by atoms with van der Waals surface area (Å²) >= 11 is 0. The van der Waals surface area contributed by atoms with Gasteiger partial charge in [-0.15, -0.1) is 0 Å². The first-order valence-electron chi connectivity index (χ1n) is 12.2. The van der Waals surface area contributed by atoms with Crippen LogP contribution in [0.4, 0.5) is 0 Å². The van der Waals surface area contributed by atoms with E-state index in [4.69, 9.17) is 4.74 Å². The lowest BCUT2D eigenvalue weighted by Crippen LogP contribution is -2.21. The smallest absolute Gasteiger partial charge is 0.0575 e. The summed E-state index contributed by atoms with van der Waals surface area (Å²) < 4.78 is 5.93. The van der Waals surface area contributed by atoms with E-state index in [1.807, 2.05) is 0 Å². The molecule has 0 saturated heterocycles. The summed E-state index contributed by atoms with van der Waals surface area (Å²) in [5.74, 6) is 9.00. The Morgan fingerprint density at radius 2 is 1.62 bits per heavy atom. The van der Waals surface area contributed by atoms with Crippen molar-refractivity contribution < 1.29 is 4.74 Å². The van der Waals surface area contributed by atoms with Crippen molar-refractivity contribution in [3.63, 3.8) is 0 Å². The zero-order valence-electron chi connectivity index (χ0n) is 18.7. The fourth-order valence-corrected chi connectivity index (χ4v) is 5.07. The second-order valence-electron chi connectivity index (χ2n) is 9.16. The Kier molecular flexibility index (Phi) is 9.36. The molecule has 2 fully saturated rings. The molecule has 1 aromatic carbocycles. The fourth-order valence-electron chi connectivity index (χ4n) is 5.07. The van der Waals surface area contributed by atoms with Crippen LogP contribution in [0.25, 0.3) is 0 Å². The largest absolute Gasteiger partial charge is 0.378 e. The normalized spacial score (nSPS) is 27.5. The van der Waals surface area contributed by atoms with Crippen LogP contribution in [0.2, 0.25) is 0 Å². The second-order valence-corrected chi connectivity index (χ2v) is 9.16. The molecule has 2 saturated carbocycles. The Labute approximate surface area is 179 Å². The molecule has 158 valence electrons. The molecule has 0 aromatic heterocycles. The third-order valence-electron chi connectivity index (χ3n) is 6.87. The van der Waals surface area contributed by atoms with Gasteiger partial charge in [0.25, 0.3) is 0 Å². The molecule has 0 spiro atoms. The second kappa shape index (κ2) is 12.2. The van der Waals surface area contributed by atoms with Crippen LogP contribution in [0.1, 0.15) is 102 Å². The summed E-state index contributed by atoms with van der Waals surface area (Å²) in [5.41, 5.74) is 2.61. The maximum Gasteiger partial charge on any atom is 0.0575 e. The lowest BCUT2D eigenvalue weighted by Gasteiger charge is -2.28. The maximum absolute atomic E-state index is 5.93. The summed E-state index contributed by atoms with van der Waals surface area (Å²) in [6, 6.07) is 8.98. The molecule has 1 aromatic rings. The predicted octanol–water partition coefficient (Wildman–Crippen LogP) is 7.65. The van der Waals surface area contributed by atoms with Crippen molar-refractivity contribution in [2.45, 2.75) is 96.5 Å². The van der Waals surface area contributed by atoms with Crippen molar-refractivity contribution in [3.8, 4) is 11.8 Å². The quantitative estimate of drug-likeness (QED) is 0.433. The molecule has 2 aliphatic carbocycles. The van der Waals surface area contributed by atoms with Gasteiger partial charge < -0.3 is 4.74 Å². The lowest BCUT2D eigenvalue weighted by molar-refractivity contribution is 0.0251. The van der Waals surface area contributed by atoms with Gasteiger partial charge in [-0.05, 0) is 99.3 Å². The summed E-state index contributed by atoms with van der Waals surface area (Å²) in [6.45, 7) is 5.41. The van der Waals surface area contributed by atoms with Gasteiger partial charge in [0, 0.05) is 12.2 Å². The molecule has 0 unspecified atom stereocenters. The highest BCUT2D eigenvalue weighted by Crippen LogP contribution is 2.34. The molecule has 1 heteroatoms. The van der Waals surface area contributed by atoms with Crippen molar-refractivity contribution in [2.24, 2.45) is 11.8 Å². The number of hydrogen-bond donors (Lipinski definition) is 0. The van der Waals surface area contributed by atoms with E-state index in [2.05, 4.69) is 62.1 Å². The molecule has 29 heavy (non-hydrogen) atoms. The van der Waals surface area contributed by atoms with Gasteiger partial charge >= 0.3 is 0 Å². The number of rotatable bonds is 7. The first-order valence-corrected chi connectivity index (χ1v) is 12.2. The average molecular weight is 393 g/mol. The molecule has 3 rings (SSSR count). The molecule has 0 heterocycles. The Morgan fingerprint density at radius 1 is 0.897 bits per heavy atom. The lowest BCUT2D eigenvalue weighted by atomic mass is 9.80. The highest BCUT2D eigenvalue weighted by atomic mass is 16.5. The zero-order chi connectivity index (χ0) is 20.3. The van der Waals surface area contributed by atoms with Gasteiger partial charge in [0.15, 0.2) is 0 Å². The van der Waals surface area contributed by atoms with E-state index in [0.717, 1.165) is 30.4 Å². The van der Waals surface area contributed by atoms with Gasteiger partial charge in [0.2, 0.25) is 0 Å². The fraction of sp³-hybridized carbons (Fsp3) is 0.643. The maximum atomic E-state index is 5.93. The van der Waals surface area contributed by atoms with E-state index in [1.54, 1.807) is 0 Å². The predicted molar refractivity (Wildman–Crippen MR) is 124 cm³/mol. The van der Waals surface area contributed by atoms with Crippen LogP contribution >= 0.6 is 0 Å². The van der Waals surface area contributed by atoms with Crippen LogP contribution in [-0.4, -0.2) is 12.7 Å². The van der Waals surface area contributed by atoms with E-state index < -0.39 is 0 Å². The van der Waals surface area contributed by atoms with Gasteiger partial charge in [0.1, 0.15) is 0 Å². The molecule has 2 aliphatic rings. The van der Waals surface area contributed by atoms with Crippen molar-refractivity contribution in [1.82, 2.24) is 0 Å². The topological polar surface area (TPSA) is 9.23 Å². The molecule has 0 N–H and O–H groups in total. The van der Waals surface area contributed by atoms with Gasteiger partial charge in [-0.2, -0.15) is 0 Å². The van der Waals surface area contributed by atoms with Crippen LogP contribution in [0.5, 0.6) is 0 Å². The summed E-state index contributed by atoms with van der Waals surface area (Å²) in [6.07, 6.45) is 19.2. The highest BCUT2D eigenvalue weighted by Gasteiger charge is 2.22. The Hall–Kier alpha value is -1.52. The van der Waals surface area contributed by atoms with Crippen molar-refractivity contribution in [3.05, 3.63) is 47.5 Å². The van der Waals surface area contributed by atoms with Crippen LogP contribution in [-0.2, 0) is 4.74 Å². The standard InChI is InChI=1S/C28H40O/c1-3-7-23-10-12-24(13-11-23)8-5-6-9-25-14-16-26(17-15-25)27-18-20-28(21-19-27)29-22-4-2/h5,8,14-17,23-24,27-28H,3-4,7,10-13,18-22H2,1-2H3. The Balaban J connectivity index is 1.42. The van der Waals surface area contributed by atoms with Crippen LogP contribution in [0, 0.1) is 23.7 Å². The van der Waals surface area contributed by atoms with Gasteiger partial charge in [0.05, 0.1) is 6.10 Å². The van der Waals surface area contributed by atoms with Gasteiger partial charge in [-0.3, -0.25) is 0 Å². The third kappa shape index (κ3) is 7.35. The monoisotopic (exact) mass is 392 g/mol. The third-order valence-corrected chi connectivity index (χ3v) is 6.87. The van der Waals surface area contributed by atoms with Crippen LogP contribution < -0.4 is 0 Å². The van der Waals surface area contributed by atoms with E-state index in [0.29, 0.717) is 12.0 Å². The van der Waals surface area contributed by atoms with E-state index in [-0.39, 0.29) is 0 Å². The van der Waals surface area contributed by atoms with Gasteiger partial charge in [-0.1, -0.05) is 56.7 Å². The number of hydrogen-bond acceptors (Lipinski definition) is 1. The molecule has 0 amide bonds. The Bertz CT molecular complexity index is 659. The first kappa shape index (κ1) is 22.2.